The van der Waals surface area contributed by atoms with Gasteiger partial charge in [-0.25, -0.2) is 9.36 Å². The first-order chi connectivity index (χ1) is 16.3. The predicted octanol–water partition coefficient (Wildman–Crippen LogP) is 7.43. The standard InChI is InChI=1S/C26H16N4OS2/c1-2-10-23-21(9-1)26-25(33-23)16-28-30(26)18-6-4-8-20(14-18)31-19-7-3-5-17(13-19)29-22-11-12-32-24(22)15-27-29/h1-16H. The highest BCUT2D eigenvalue weighted by atomic mass is 32.1. The highest BCUT2D eigenvalue weighted by molar-refractivity contribution is 7.25. The summed E-state index contributed by atoms with van der Waals surface area (Å²) in [6.07, 6.45) is 3.84. The van der Waals surface area contributed by atoms with Crippen LogP contribution in [-0.2, 0) is 0 Å². The van der Waals surface area contributed by atoms with E-state index < -0.39 is 0 Å². The lowest BCUT2D eigenvalue weighted by atomic mass is 10.2. The summed E-state index contributed by atoms with van der Waals surface area (Å²) in [5.41, 5.74) is 4.17. The van der Waals surface area contributed by atoms with E-state index in [0.717, 1.165) is 33.9 Å². The van der Waals surface area contributed by atoms with Crippen molar-refractivity contribution >= 4 is 53.2 Å². The summed E-state index contributed by atoms with van der Waals surface area (Å²) in [5.74, 6) is 1.52. The maximum absolute atomic E-state index is 6.25. The third-order valence-electron chi connectivity index (χ3n) is 5.65. The van der Waals surface area contributed by atoms with Crippen LogP contribution in [0.15, 0.2) is 96.6 Å². The van der Waals surface area contributed by atoms with Crippen molar-refractivity contribution in [1.82, 2.24) is 19.6 Å². The Morgan fingerprint density at radius 3 is 2.24 bits per heavy atom. The molecule has 0 spiro atoms. The first kappa shape index (κ1) is 18.6. The van der Waals surface area contributed by atoms with Crippen molar-refractivity contribution in [3.8, 4) is 22.9 Å². The quantitative estimate of drug-likeness (QED) is 0.272. The smallest absolute Gasteiger partial charge is 0.129 e. The fourth-order valence-electron chi connectivity index (χ4n) is 4.18. The van der Waals surface area contributed by atoms with Crippen LogP contribution >= 0.6 is 22.7 Å². The lowest BCUT2D eigenvalue weighted by molar-refractivity contribution is 0.482. The normalized spacial score (nSPS) is 11.6. The molecular formula is C26H16N4OS2. The Balaban J connectivity index is 1.25. The molecule has 33 heavy (non-hydrogen) atoms. The summed E-state index contributed by atoms with van der Waals surface area (Å²) < 4.78 is 13.8. The summed E-state index contributed by atoms with van der Waals surface area (Å²) in [6, 6.07) is 26.6. The summed E-state index contributed by atoms with van der Waals surface area (Å²) >= 11 is 3.45. The zero-order valence-corrected chi connectivity index (χ0v) is 18.9. The van der Waals surface area contributed by atoms with Crippen molar-refractivity contribution in [3.63, 3.8) is 0 Å². The molecule has 0 saturated heterocycles. The van der Waals surface area contributed by atoms with Crippen LogP contribution < -0.4 is 4.74 Å². The van der Waals surface area contributed by atoms with E-state index in [9.17, 15) is 0 Å². The maximum atomic E-state index is 6.25. The van der Waals surface area contributed by atoms with Crippen molar-refractivity contribution in [2.75, 3.05) is 0 Å². The number of rotatable bonds is 4. The molecule has 5 nitrogen and oxygen atoms in total. The third kappa shape index (κ3) is 3.05. The van der Waals surface area contributed by atoms with Crippen LogP contribution in [0.2, 0.25) is 0 Å². The number of thiophene rings is 2. The number of aromatic nitrogens is 4. The van der Waals surface area contributed by atoms with E-state index in [1.807, 2.05) is 64.2 Å². The third-order valence-corrected chi connectivity index (χ3v) is 7.59. The molecule has 0 N–H and O–H groups in total. The summed E-state index contributed by atoms with van der Waals surface area (Å²) in [4.78, 5) is 0. The Labute approximate surface area is 196 Å². The second-order valence-electron chi connectivity index (χ2n) is 7.69. The number of hydrogen-bond donors (Lipinski definition) is 0. The molecule has 0 bridgehead atoms. The number of nitrogens with zero attached hydrogens (tertiary/aromatic N) is 4. The van der Waals surface area contributed by atoms with Crippen LogP contribution in [0.5, 0.6) is 11.5 Å². The van der Waals surface area contributed by atoms with Crippen LogP contribution in [0.3, 0.4) is 0 Å². The van der Waals surface area contributed by atoms with Gasteiger partial charge in [-0.15, -0.1) is 22.7 Å². The van der Waals surface area contributed by atoms with Gasteiger partial charge in [-0.1, -0.05) is 30.3 Å². The molecule has 4 aromatic heterocycles. The Morgan fingerprint density at radius 1 is 0.667 bits per heavy atom. The van der Waals surface area contributed by atoms with Gasteiger partial charge in [-0.3, -0.25) is 0 Å². The van der Waals surface area contributed by atoms with Gasteiger partial charge in [-0.2, -0.15) is 10.2 Å². The zero-order chi connectivity index (χ0) is 21.8. The Kier molecular flexibility index (Phi) is 4.12. The fraction of sp³-hybridized carbons (Fsp3) is 0. The maximum Gasteiger partial charge on any atom is 0.129 e. The first-order valence-corrected chi connectivity index (χ1v) is 12.2. The van der Waals surface area contributed by atoms with Gasteiger partial charge in [-0.05, 0) is 41.8 Å². The largest absolute Gasteiger partial charge is 0.457 e. The molecule has 0 atom stereocenters. The summed E-state index contributed by atoms with van der Waals surface area (Å²) in [5, 5.41) is 12.5. The Morgan fingerprint density at radius 2 is 1.39 bits per heavy atom. The van der Waals surface area contributed by atoms with Crippen LogP contribution in [0.4, 0.5) is 0 Å². The SMILES string of the molecule is c1cc(Oc2cccc(-n3ncc4sc5ccccc5c43)c2)cc(-n2ncc3sccc32)c1. The number of benzene rings is 3. The van der Waals surface area contributed by atoms with E-state index in [2.05, 4.69) is 52.0 Å². The molecule has 0 amide bonds. The molecule has 0 aliphatic heterocycles. The molecule has 3 aromatic carbocycles. The number of hydrogen-bond acceptors (Lipinski definition) is 5. The van der Waals surface area contributed by atoms with Crippen molar-refractivity contribution in [2.24, 2.45) is 0 Å². The van der Waals surface area contributed by atoms with Crippen molar-refractivity contribution < 1.29 is 4.74 Å². The molecule has 7 aromatic rings. The molecule has 0 aliphatic carbocycles. The molecule has 7 rings (SSSR count). The van der Waals surface area contributed by atoms with Gasteiger partial charge in [0, 0.05) is 22.2 Å². The lowest BCUT2D eigenvalue weighted by Crippen LogP contribution is -1.97. The zero-order valence-electron chi connectivity index (χ0n) is 17.3. The van der Waals surface area contributed by atoms with Gasteiger partial charge in [0.2, 0.25) is 0 Å². The predicted molar refractivity (Wildman–Crippen MR) is 135 cm³/mol. The average Bonchev–Trinajstić information content (AvgIpc) is 3.60. The molecule has 7 heteroatoms. The second-order valence-corrected chi connectivity index (χ2v) is 9.72. The number of ether oxygens (including phenoxy) is 1. The van der Waals surface area contributed by atoms with Crippen molar-refractivity contribution in [1.29, 1.82) is 0 Å². The minimum atomic E-state index is 0.758. The van der Waals surface area contributed by atoms with Crippen LogP contribution in [-0.4, -0.2) is 19.6 Å². The molecule has 158 valence electrons. The molecule has 0 saturated carbocycles. The van der Waals surface area contributed by atoms with Crippen molar-refractivity contribution in [2.45, 2.75) is 0 Å². The van der Waals surface area contributed by atoms with Crippen molar-refractivity contribution in [3.05, 3.63) is 96.6 Å². The van der Waals surface area contributed by atoms with E-state index in [1.54, 1.807) is 22.7 Å². The van der Waals surface area contributed by atoms with Crippen LogP contribution in [0, 0.1) is 0 Å². The van der Waals surface area contributed by atoms with Gasteiger partial charge in [0.1, 0.15) is 11.5 Å². The summed E-state index contributed by atoms with van der Waals surface area (Å²) in [6.45, 7) is 0. The Bertz CT molecular complexity index is 1770. The minimum absolute atomic E-state index is 0.758. The van der Waals surface area contributed by atoms with Gasteiger partial charge in [0.15, 0.2) is 0 Å². The van der Waals surface area contributed by atoms with E-state index in [1.165, 1.54) is 19.5 Å². The van der Waals surface area contributed by atoms with Gasteiger partial charge < -0.3 is 4.74 Å². The average molecular weight is 465 g/mol. The van der Waals surface area contributed by atoms with E-state index >= 15 is 0 Å². The molecule has 0 radical (unpaired) electrons. The minimum Gasteiger partial charge on any atom is -0.457 e. The molecular weight excluding hydrogens is 448 g/mol. The molecule has 0 unspecified atom stereocenters. The topological polar surface area (TPSA) is 44.9 Å². The highest BCUT2D eigenvalue weighted by Crippen LogP contribution is 2.35. The lowest BCUT2D eigenvalue weighted by Gasteiger charge is -2.10. The van der Waals surface area contributed by atoms with Gasteiger partial charge in [0.25, 0.3) is 0 Å². The first-order valence-electron chi connectivity index (χ1n) is 10.5. The van der Waals surface area contributed by atoms with Gasteiger partial charge in [0.05, 0.1) is 44.2 Å². The molecule has 0 fully saturated rings. The monoisotopic (exact) mass is 464 g/mol. The van der Waals surface area contributed by atoms with E-state index in [-0.39, 0.29) is 0 Å². The summed E-state index contributed by atoms with van der Waals surface area (Å²) in [7, 11) is 0. The van der Waals surface area contributed by atoms with E-state index in [4.69, 9.17) is 4.74 Å². The van der Waals surface area contributed by atoms with Crippen LogP contribution in [0.25, 0.3) is 41.9 Å². The Hall–Kier alpha value is -3.94. The molecule has 4 heterocycles. The van der Waals surface area contributed by atoms with Crippen LogP contribution in [0.1, 0.15) is 0 Å². The number of fused-ring (bicyclic) bond motifs is 4. The second kappa shape index (κ2) is 7.30. The molecule has 0 aliphatic rings. The van der Waals surface area contributed by atoms with E-state index in [0.29, 0.717) is 0 Å². The fourth-order valence-corrected chi connectivity index (χ4v) is 5.96. The highest BCUT2D eigenvalue weighted by Gasteiger charge is 2.13. The van der Waals surface area contributed by atoms with Gasteiger partial charge >= 0.3 is 0 Å².